The Morgan fingerprint density at radius 2 is 2.22 bits per heavy atom. The van der Waals surface area contributed by atoms with Gasteiger partial charge < -0.3 is 20.1 Å². The van der Waals surface area contributed by atoms with Crippen LogP contribution in [0.15, 0.2) is 29.3 Å². The van der Waals surface area contributed by atoms with Gasteiger partial charge in [0.05, 0.1) is 0 Å². The molecule has 2 heterocycles. The van der Waals surface area contributed by atoms with Gasteiger partial charge in [0.15, 0.2) is 11.8 Å². The average Bonchev–Trinajstić information content (AvgIpc) is 2.98. The smallest absolute Gasteiger partial charge is 0.191 e. The first-order valence-corrected chi connectivity index (χ1v) is 9.47. The first-order chi connectivity index (χ1) is 13.1. The van der Waals surface area contributed by atoms with E-state index in [4.69, 9.17) is 0 Å². The highest BCUT2D eigenvalue weighted by Crippen LogP contribution is 2.20. The van der Waals surface area contributed by atoms with Gasteiger partial charge in [0.1, 0.15) is 18.2 Å². The van der Waals surface area contributed by atoms with Gasteiger partial charge in [-0.25, -0.2) is 9.38 Å². The molecule has 0 bridgehead atoms. The van der Waals surface area contributed by atoms with Crippen molar-refractivity contribution in [3.8, 4) is 0 Å². The van der Waals surface area contributed by atoms with E-state index in [-0.39, 0.29) is 11.9 Å². The summed E-state index contributed by atoms with van der Waals surface area (Å²) in [5, 5.41) is 15.0. The quantitative estimate of drug-likeness (QED) is 0.620. The third-order valence-corrected chi connectivity index (χ3v) is 4.84. The second-order valence-electron chi connectivity index (χ2n) is 6.83. The van der Waals surface area contributed by atoms with E-state index >= 15 is 0 Å². The summed E-state index contributed by atoms with van der Waals surface area (Å²) in [5.41, 5.74) is 0.929. The van der Waals surface area contributed by atoms with Gasteiger partial charge in [0.2, 0.25) is 0 Å². The van der Waals surface area contributed by atoms with Crippen molar-refractivity contribution < 1.29 is 4.39 Å². The summed E-state index contributed by atoms with van der Waals surface area (Å²) in [6, 6.07) is 7.05. The van der Waals surface area contributed by atoms with Crippen LogP contribution in [-0.4, -0.2) is 46.4 Å². The molecule has 27 heavy (non-hydrogen) atoms. The molecule has 1 unspecified atom stereocenters. The standard InChI is InChI=1S/C19H28FN7/c1-4-21-19(22-12-18-25-24-14(2)26(18)3)23-16-8-6-10-27(13-16)17-9-5-7-15(20)11-17/h5,7,9,11,16H,4,6,8,10,12-13H2,1-3H3,(H2,21,22,23). The third-order valence-electron chi connectivity index (χ3n) is 4.84. The first-order valence-electron chi connectivity index (χ1n) is 9.47. The Balaban J connectivity index is 1.64. The zero-order valence-electron chi connectivity index (χ0n) is 16.2. The minimum Gasteiger partial charge on any atom is -0.369 e. The molecule has 1 aromatic carbocycles. The fourth-order valence-electron chi connectivity index (χ4n) is 3.25. The van der Waals surface area contributed by atoms with Crippen LogP contribution in [0.1, 0.15) is 31.4 Å². The minimum absolute atomic E-state index is 0.198. The van der Waals surface area contributed by atoms with E-state index in [9.17, 15) is 4.39 Å². The Kier molecular flexibility index (Phi) is 6.26. The second kappa shape index (κ2) is 8.83. The van der Waals surface area contributed by atoms with Crippen LogP contribution in [0.3, 0.4) is 0 Å². The van der Waals surface area contributed by atoms with Gasteiger partial charge in [-0.1, -0.05) is 6.07 Å². The van der Waals surface area contributed by atoms with Crippen molar-refractivity contribution in [1.29, 1.82) is 0 Å². The Morgan fingerprint density at radius 3 is 2.93 bits per heavy atom. The number of benzene rings is 1. The van der Waals surface area contributed by atoms with Crippen molar-refractivity contribution in [1.82, 2.24) is 25.4 Å². The summed E-state index contributed by atoms with van der Waals surface area (Å²) in [6.07, 6.45) is 2.11. The van der Waals surface area contributed by atoms with Crippen LogP contribution in [0.25, 0.3) is 0 Å². The van der Waals surface area contributed by atoms with E-state index in [1.54, 1.807) is 12.1 Å². The zero-order chi connectivity index (χ0) is 19.2. The Labute approximate surface area is 159 Å². The first kappa shape index (κ1) is 19.1. The van der Waals surface area contributed by atoms with E-state index in [0.717, 1.165) is 55.8 Å². The number of nitrogens with one attached hydrogen (secondary N) is 2. The number of hydrogen-bond acceptors (Lipinski definition) is 4. The van der Waals surface area contributed by atoms with E-state index in [1.165, 1.54) is 6.07 Å². The van der Waals surface area contributed by atoms with Crippen LogP contribution >= 0.6 is 0 Å². The minimum atomic E-state index is -0.198. The topological polar surface area (TPSA) is 70.4 Å². The Morgan fingerprint density at radius 1 is 1.37 bits per heavy atom. The van der Waals surface area contributed by atoms with Gasteiger partial charge in [0.25, 0.3) is 0 Å². The number of guanidine groups is 1. The largest absolute Gasteiger partial charge is 0.369 e. The molecule has 1 aliphatic rings. The average molecular weight is 373 g/mol. The highest BCUT2D eigenvalue weighted by molar-refractivity contribution is 5.80. The number of anilines is 1. The number of rotatable bonds is 5. The van der Waals surface area contributed by atoms with E-state index in [0.29, 0.717) is 6.54 Å². The van der Waals surface area contributed by atoms with Gasteiger partial charge >= 0.3 is 0 Å². The summed E-state index contributed by atoms with van der Waals surface area (Å²) < 4.78 is 15.5. The highest BCUT2D eigenvalue weighted by Gasteiger charge is 2.21. The molecule has 0 aliphatic carbocycles. The molecule has 1 saturated heterocycles. The van der Waals surface area contributed by atoms with Crippen molar-refractivity contribution in [3.05, 3.63) is 41.7 Å². The summed E-state index contributed by atoms with van der Waals surface area (Å²) in [4.78, 5) is 6.88. The highest BCUT2D eigenvalue weighted by atomic mass is 19.1. The Hall–Kier alpha value is -2.64. The lowest BCUT2D eigenvalue weighted by Gasteiger charge is -2.35. The van der Waals surface area contributed by atoms with Crippen molar-refractivity contribution >= 4 is 11.6 Å². The fourth-order valence-corrected chi connectivity index (χ4v) is 3.25. The third kappa shape index (κ3) is 4.96. The molecule has 0 amide bonds. The van der Waals surface area contributed by atoms with Crippen LogP contribution in [0.4, 0.5) is 10.1 Å². The molecule has 8 heteroatoms. The SMILES string of the molecule is CCNC(=NCc1nnc(C)n1C)NC1CCCN(c2cccc(F)c2)C1. The maximum absolute atomic E-state index is 13.5. The zero-order valence-corrected chi connectivity index (χ0v) is 16.2. The molecule has 3 rings (SSSR count). The van der Waals surface area contributed by atoms with E-state index < -0.39 is 0 Å². The van der Waals surface area contributed by atoms with Crippen LogP contribution < -0.4 is 15.5 Å². The summed E-state index contributed by atoms with van der Waals surface area (Å²) in [5.74, 6) is 2.27. The fraction of sp³-hybridized carbons (Fsp3) is 0.526. The molecule has 2 aromatic rings. The molecule has 1 atom stereocenters. The maximum Gasteiger partial charge on any atom is 0.191 e. The normalized spacial score (nSPS) is 17.9. The van der Waals surface area contributed by atoms with Gasteiger partial charge in [-0.2, -0.15) is 0 Å². The van der Waals surface area contributed by atoms with Gasteiger partial charge in [-0.15, -0.1) is 10.2 Å². The van der Waals surface area contributed by atoms with Crippen molar-refractivity contribution in [3.63, 3.8) is 0 Å². The van der Waals surface area contributed by atoms with Gasteiger partial charge in [-0.3, -0.25) is 0 Å². The number of halogens is 1. The number of aromatic nitrogens is 3. The molecule has 0 radical (unpaired) electrons. The maximum atomic E-state index is 13.5. The molecular formula is C19H28FN7. The van der Waals surface area contributed by atoms with Crippen LogP contribution in [-0.2, 0) is 13.6 Å². The number of nitrogens with zero attached hydrogens (tertiary/aromatic N) is 5. The molecule has 1 aromatic heterocycles. The number of aliphatic imine (C=N–C) groups is 1. The van der Waals surface area contributed by atoms with Crippen LogP contribution in [0.2, 0.25) is 0 Å². The van der Waals surface area contributed by atoms with Crippen molar-refractivity contribution in [2.45, 2.75) is 39.3 Å². The number of piperidine rings is 1. The molecular weight excluding hydrogens is 345 g/mol. The summed E-state index contributed by atoms with van der Waals surface area (Å²) in [6.45, 7) is 6.97. The molecule has 2 N–H and O–H groups in total. The summed E-state index contributed by atoms with van der Waals surface area (Å²) >= 11 is 0. The van der Waals surface area contributed by atoms with Crippen LogP contribution in [0, 0.1) is 12.7 Å². The van der Waals surface area contributed by atoms with E-state index in [2.05, 4.69) is 30.7 Å². The lowest BCUT2D eigenvalue weighted by Crippen LogP contribution is -2.51. The van der Waals surface area contributed by atoms with Gasteiger partial charge in [-0.05, 0) is 44.9 Å². The van der Waals surface area contributed by atoms with E-state index in [1.807, 2.05) is 31.5 Å². The molecule has 1 fully saturated rings. The number of aryl methyl sites for hydroxylation is 1. The molecule has 7 nitrogen and oxygen atoms in total. The predicted molar refractivity (Wildman–Crippen MR) is 105 cm³/mol. The predicted octanol–water partition coefficient (Wildman–Crippen LogP) is 1.99. The second-order valence-corrected chi connectivity index (χ2v) is 6.83. The molecule has 0 spiro atoms. The summed E-state index contributed by atoms with van der Waals surface area (Å²) in [7, 11) is 1.94. The molecule has 1 aliphatic heterocycles. The van der Waals surface area contributed by atoms with Crippen molar-refractivity contribution in [2.24, 2.45) is 12.0 Å². The Bertz CT molecular complexity index is 786. The lowest BCUT2D eigenvalue weighted by molar-refractivity contribution is 0.467. The molecule has 146 valence electrons. The van der Waals surface area contributed by atoms with Crippen molar-refractivity contribution in [2.75, 3.05) is 24.5 Å². The monoisotopic (exact) mass is 373 g/mol. The van der Waals surface area contributed by atoms with Gasteiger partial charge in [0, 0.05) is 38.4 Å². The molecule has 0 saturated carbocycles. The van der Waals surface area contributed by atoms with Crippen LogP contribution in [0.5, 0.6) is 0 Å². The lowest BCUT2D eigenvalue weighted by atomic mass is 10.0. The number of hydrogen-bond donors (Lipinski definition) is 2.